The van der Waals surface area contributed by atoms with Crippen LogP contribution in [0.4, 0.5) is 5.82 Å². The molecule has 1 aromatic heterocycles. The molecule has 1 aliphatic rings. The molecule has 16 heavy (non-hydrogen) atoms. The molecule has 0 atom stereocenters. The van der Waals surface area contributed by atoms with Crippen molar-refractivity contribution < 1.29 is 8.42 Å². The van der Waals surface area contributed by atoms with Gasteiger partial charge in [-0.1, -0.05) is 0 Å². The number of aromatic nitrogens is 2. The van der Waals surface area contributed by atoms with Crippen molar-refractivity contribution in [3.05, 3.63) is 11.8 Å². The molecular weight excluding hydrogens is 228 g/mol. The van der Waals surface area contributed by atoms with Crippen LogP contribution in [0.2, 0.25) is 0 Å². The van der Waals surface area contributed by atoms with Crippen LogP contribution in [0.15, 0.2) is 6.07 Å². The van der Waals surface area contributed by atoms with Gasteiger partial charge in [0.1, 0.15) is 5.82 Å². The van der Waals surface area contributed by atoms with Crippen LogP contribution in [0.5, 0.6) is 0 Å². The molecule has 1 saturated carbocycles. The average Bonchev–Trinajstić information content (AvgIpc) is 2.89. The van der Waals surface area contributed by atoms with Crippen LogP contribution < -0.4 is 5.73 Å². The second kappa shape index (κ2) is 3.74. The van der Waals surface area contributed by atoms with Crippen molar-refractivity contribution in [2.45, 2.75) is 19.3 Å². The Balaban J connectivity index is 2.30. The summed E-state index contributed by atoms with van der Waals surface area (Å²) in [6, 6.07) is 1.64. The third-order valence-corrected chi connectivity index (χ3v) is 4.28. The summed E-state index contributed by atoms with van der Waals surface area (Å²) in [6.07, 6.45) is 3.22. The van der Waals surface area contributed by atoms with Crippen LogP contribution in [0, 0.1) is 5.92 Å². The van der Waals surface area contributed by atoms with E-state index in [1.54, 1.807) is 6.07 Å². The maximum absolute atomic E-state index is 11.8. The maximum Gasteiger partial charge on any atom is 0.324 e. The van der Waals surface area contributed by atoms with E-state index in [1.807, 2.05) is 0 Å². The first-order chi connectivity index (χ1) is 7.41. The Bertz CT molecular complexity index is 488. The normalized spacial score (nSPS) is 16.9. The van der Waals surface area contributed by atoms with Gasteiger partial charge < -0.3 is 5.73 Å². The second-order valence-corrected chi connectivity index (χ2v) is 6.31. The standard InChI is InChI=1S/C9H16N4O2S/c1-12(2)16(14,15)13-9(10)6-8(11-13)5-7-3-4-7/h6-7H,3-5,10H2,1-2H3. The van der Waals surface area contributed by atoms with Crippen molar-refractivity contribution in [1.82, 2.24) is 13.5 Å². The Kier molecular flexibility index (Phi) is 2.67. The molecular formula is C9H16N4O2S. The highest BCUT2D eigenvalue weighted by atomic mass is 32.2. The Morgan fingerprint density at radius 3 is 2.69 bits per heavy atom. The fraction of sp³-hybridized carbons (Fsp3) is 0.667. The zero-order chi connectivity index (χ0) is 11.9. The van der Waals surface area contributed by atoms with Crippen molar-refractivity contribution in [2.24, 2.45) is 5.92 Å². The van der Waals surface area contributed by atoms with Crippen molar-refractivity contribution >= 4 is 16.0 Å². The Labute approximate surface area is 95.2 Å². The lowest BCUT2D eigenvalue weighted by molar-refractivity contribution is 0.504. The van der Waals surface area contributed by atoms with Gasteiger partial charge in [-0.2, -0.15) is 17.8 Å². The fourth-order valence-electron chi connectivity index (χ4n) is 1.49. The summed E-state index contributed by atoms with van der Waals surface area (Å²) in [5.41, 5.74) is 6.41. The molecule has 1 fully saturated rings. The summed E-state index contributed by atoms with van der Waals surface area (Å²) < 4.78 is 25.6. The molecule has 0 amide bonds. The van der Waals surface area contributed by atoms with Crippen molar-refractivity contribution in [3.8, 4) is 0 Å². The van der Waals surface area contributed by atoms with Crippen molar-refractivity contribution in [2.75, 3.05) is 19.8 Å². The van der Waals surface area contributed by atoms with Crippen LogP contribution in [0.3, 0.4) is 0 Å². The monoisotopic (exact) mass is 244 g/mol. The Hall–Kier alpha value is -1.08. The highest BCUT2D eigenvalue weighted by Crippen LogP contribution is 2.32. The predicted octanol–water partition coefficient (Wildman–Crippen LogP) is 0.0723. The SMILES string of the molecule is CN(C)S(=O)(=O)n1nc(CC2CC2)cc1N. The van der Waals surface area contributed by atoms with E-state index in [9.17, 15) is 8.42 Å². The van der Waals surface area contributed by atoms with E-state index in [4.69, 9.17) is 5.73 Å². The molecule has 0 radical (unpaired) electrons. The zero-order valence-electron chi connectivity index (χ0n) is 9.42. The molecule has 1 aliphatic carbocycles. The first-order valence-electron chi connectivity index (χ1n) is 5.18. The van der Waals surface area contributed by atoms with Crippen LogP contribution in [-0.4, -0.2) is 36.0 Å². The molecule has 2 N–H and O–H groups in total. The van der Waals surface area contributed by atoms with Crippen LogP contribution >= 0.6 is 0 Å². The van der Waals surface area contributed by atoms with Gasteiger partial charge in [-0.15, -0.1) is 4.09 Å². The minimum Gasteiger partial charge on any atom is -0.383 e. The fourth-order valence-corrected chi connectivity index (χ4v) is 2.32. The van der Waals surface area contributed by atoms with Gasteiger partial charge in [-0.25, -0.2) is 0 Å². The molecule has 1 aromatic rings. The minimum atomic E-state index is -3.59. The molecule has 0 bridgehead atoms. The van der Waals surface area contributed by atoms with E-state index in [1.165, 1.54) is 26.9 Å². The average molecular weight is 244 g/mol. The zero-order valence-corrected chi connectivity index (χ0v) is 10.2. The smallest absolute Gasteiger partial charge is 0.324 e. The third kappa shape index (κ3) is 2.05. The Morgan fingerprint density at radius 1 is 1.56 bits per heavy atom. The number of hydrogen-bond donors (Lipinski definition) is 1. The van der Waals surface area contributed by atoms with Gasteiger partial charge in [0.05, 0.1) is 5.69 Å². The Morgan fingerprint density at radius 2 is 2.19 bits per heavy atom. The molecule has 0 unspecified atom stereocenters. The molecule has 6 nitrogen and oxygen atoms in total. The number of hydrogen-bond acceptors (Lipinski definition) is 4. The maximum atomic E-state index is 11.8. The number of rotatable bonds is 4. The summed E-state index contributed by atoms with van der Waals surface area (Å²) >= 11 is 0. The van der Waals surface area contributed by atoms with Gasteiger partial charge in [-0.05, 0) is 25.2 Å². The highest BCUT2D eigenvalue weighted by molar-refractivity contribution is 7.87. The van der Waals surface area contributed by atoms with Crippen molar-refractivity contribution in [1.29, 1.82) is 0 Å². The van der Waals surface area contributed by atoms with E-state index in [0.717, 1.165) is 20.5 Å². The number of anilines is 1. The topological polar surface area (TPSA) is 81.2 Å². The molecule has 0 aromatic carbocycles. The first-order valence-corrected chi connectivity index (χ1v) is 6.58. The lowest BCUT2D eigenvalue weighted by Gasteiger charge is -2.11. The number of nitrogens with zero attached hydrogens (tertiary/aromatic N) is 3. The third-order valence-electron chi connectivity index (χ3n) is 2.63. The summed E-state index contributed by atoms with van der Waals surface area (Å²) in [7, 11) is -0.677. The van der Waals surface area contributed by atoms with Crippen LogP contribution in [0.1, 0.15) is 18.5 Å². The van der Waals surface area contributed by atoms with Crippen LogP contribution in [-0.2, 0) is 16.6 Å². The van der Waals surface area contributed by atoms with Gasteiger partial charge >= 0.3 is 10.2 Å². The van der Waals surface area contributed by atoms with Crippen LogP contribution in [0.25, 0.3) is 0 Å². The van der Waals surface area contributed by atoms with Crippen molar-refractivity contribution in [3.63, 3.8) is 0 Å². The number of nitrogen functional groups attached to an aromatic ring is 1. The molecule has 7 heteroatoms. The first kappa shape index (κ1) is 11.4. The summed E-state index contributed by atoms with van der Waals surface area (Å²) in [6.45, 7) is 0. The molecule has 1 heterocycles. The van der Waals surface area contributed by atoms with Gasteiger partial charge in [0.15, 0.2) is 0 Å². The predicted molar refractivity (Wildman–Crippen MR) is 61.1 cm³/mol. The summed E-state index contributed by atoms with van der Waals surface area (Å²) in [4.78, 5) is 0. The lowest BCUT2D eigenvalue weighted by atomic mass is 10.2. The largest absolute Gasteiger partial charge is 0.383 e. The van der Waals surface area contributed by atoms with E-state index < -0.39 is 10.2 Å². The summed E-state index contributed by atoms with van der Waals surface area (Å²) in [5, 5.41) is 4.04. The summed E-state index contributed by atoms with van der Waals surface area (Å²) in [5.74, 6) is 0.828. The van der Waals surface area contributed by atoms with E-state index >= 15 is 0 Å². The number of nitrogens with two attached hydrogens (primary N) is 1. The highest BCUT2D eigenvalue weighted by Gasteiger charge is 2.26. The van der Waals surface area contributed by atoms with E-state index in [0.29, 0.717) is 5.92 Å². The lowest BCUT2D eigenvalue weighted by Crippen LogP contribution is -2.30. The van der Waals surface area contributed by atoms with Gasteiger partial charge in [0.25, 0.3) is 0 Å². The quantitative estimate of drug-likeness (QED) is 0.812. The molecule has 2 rings (SSSR count). The molecule has 0 saturated heterocycles. The molecule has 0 spiro atoms. The van der Waals surface area contributed by atoms with Gasteiger partial charge in [-0.3, -0.25) is 0 Å². The van der Waals surface area contributed by atoms with E-state index in [2.05, 4.69) is 5.10 Å². The molecule has 0 aliphatic heterocycles. The molecule has 90 valence electrons. The minimum absolute atomic E-state index is 0.171. The second-order valence-electron chi connectivity index (χ2n) is 4.34. The van der Waals surface area contributed by atoms with E-state index in [-0.39, 0.29) is 5.82 Å². The van der Waals surface area contributed by atoms with Gasteiger partial charge in [0.2, 0.25) is 0 Å². The van der Waals surface area contributed by atoms with Gasteiger partial charge in [0, 0.05) is 20.2 Å².